The zero-order chi connectivity index (χ0) is 31.6. The van der Waals surface area contributed by atoms with Crippen molar-refractivity contribution in [2.45, 2.75) is 77.7 Å². The van der Waals surface area contributed by atoms with E-state index in [2.05, 4.69) is 67.7 Å². The predicted molar refractivity (Wildman–Crippen MR) is 161 cm³/mol. The first-order chi connectivity index (χ1) is 19.8. The van der Waals surface area contributed by atoms with Crippen LogP contribution < -0.4 is 10.1 Å². The minimum Gasteiger partial charge on any atom is -0.491 e. The van der Waals surface area contributed by atoms with Gasteiger partial charge in [-0.05, 0) is 47.8 Å². The Balaban J connectivity index is 2.23. The molecule has 42 heavy (non-hydrogen) atoms. The summed E-state index contributed by atoms with van der Waals surface area (Å²) in [6.07, 6.45) is 0.617. The van der Waals surface area contributed by atoms with Gasteiger partial charge in [0.15, 0.2) is 8.32 Å². The third-order valence-corrected chi connectivity index (χ3v) is 11.4. The molecule has 1 aromatic carbocycles. The van der Waals surface area contributed by atoms with E-state index in [0.717, 1.165) is 17.7 Å². The summed E-state index contributed by atoms with van der Waals surface area (Å²) in [5.74, 6) is -0.744. The van der Waals surface area contributed by atoms with Crippen LogP contribution in [0.5, 0.6) is 5.75 Å². The van der Waals surface area contributed by atoms with E-state index in [9.17, 15) is 14.4 Å². The maximum absolute atomic E-state index is 12.1. The molecule has 0 fully saturated rings. The molecule has 0 bridgehead atoms. The molecule has 1 rings (SSSR count). The summed E-state index contributed by atoms with van der Waals surface area (Å²) in [7, 11) is 0.627. The number of nitrogens with one attached hydrogen (secondary N) is 1. The van der Waals surface area contributed by atoms with Crippen LogP contribution in [0.3, 0.4) is 0 Å². The van der Waals surface area contributed by atoms with Gasteiger partial charge >= 0.3 is 11.9 Å². The highest BCUT2D eigenvalue weighted by Crippen LogP contribution is 2.37. The molecule has 1 N–H and O–H groups in total. The molecule has 0 atom stereocenters. The average molecular weight is 614 g/mol. The second-order valence-electron chi connectivity index (χ2n) is 11.3. The first kappa shape index (κ1) is 37.5. The molecule has 0 heterocycles. The number of carbonyl (C=O) groups is 3. The average Bonchev–Trinajstić information content (AvgIpc) is 2.93. The molecule has 0 aliphatic carbocycles. The van der Waals surface area contributed by atoms with Crippen LogP contribution in [-0.2, 0) is 55.5 Å². The zero-order valence-electron chi connectivity index (χ0n) is 26.7. The molecule has 1 amide bonds. The fraction of sp³-hybridized carbons (Fsp3) is 0.700. The van der Waals surface area contributed by atoms with E-state index in [0.29, 0.717) is 33.0 Å². The quantitative estimate of drug-likeness (QED) is 0.124. The molecule has 0 aliphatic heterocycles. The second-order valence-corrected chi connectivity index (χ2v) is 16.1. The summed E-state index contributed by atoms with van der Waals surface area (Å²) in [6, 6.07) is 5.53. The number of methoxy groups -OCH3 is 2. The Labute approximate surface area is 252 Å². The number of rotatable bonds is 21. The van der Waals surface area contributed by atoms with Gasteiger partial charge in [-0.1, -0.05) is 33.8 Å². The molecular formula is C30H51NO10Si. The van der Waals surface area contributed by atoms with E-state index in [1.165, 1.54) is 19.8 Å². The Morgan fingerprint density at radius 1 is 0.810 bits per heavy atom. The summed E-state index contributed by atoms with van der Waals surface area (Å²) in [5.41, 5.74) is 2.32. The third kappa shape index (κ3) is 15.6. The topological polar surface area (TPSA) is 128 Å². The lowest BCUT2D eigenvalue weighted by Crippen LogP contribution is -2.40. The predicted octanol–water partition coefficient (Wildman–Crippen LogP) is 3.81. The molecule has 0 saturated heterocycles. The normalized spacial score (nSPS) is 11.8. The number of carbonyl (C=O) groups excluding carboxylic acids is 3. The highest BCUT2D eigenvalue weighted by molar-refractivity contribution is 6.74. The van der Waals surface area contributed by atoms with Crippen LogP contribution in [0.4, 0.5) is 0 Å². The van der Waals surface area contributed by atoms with E-state index in [-0.39, 0.29) is 37.7 Å². The monoisotopic (exact) mass is 613 g/mol. The first-order valence-electron chi connectivity index (χ1n) is 14.4. The molecule has 1 aromatic rings. The van der Waals surface area contributed by atoms with E-state index in [4.69, 9.17) is 23.4 Å². The van der Waals surface area contributed by atoms with Gasteiger partial charge in [0, 0.05) is 6.04 Å². The number of hydrogen-bond acceptors (Lipinski definition) is 10. The Hall–Kier alpha value is -2.51. The van der Waals surface area contributed by atoms with E-state index in [1.54, 1.807) is 0 Å². The van der Waals surface area contributed by atoms with Crippen molar-refractivity contribution in [2.75, 3.05) is 60.5 Å². The molecule has 0 spiro atoms. The molecule has 0 aliphatic rings. The lowest BCUT2D eigenvalue weighted by molar-refractivity contribution is -0.143. The molecule has 240 valence electrons. The van der Waals surface area contributed by atoms with Gasteiger partial charge in [0.1, 0.15) is 19.0 Å². The van der Waals surface area contributed by atoms with Gasteiger partial charge < -0.3 is 38.2 Å². The van der Waals surface area contributed by atoms with Crippen LogP contribution in [0.15, 0.2) is 18.2 Å². The van der Waals surface area contributed by atoms with Crippen molar-refractivity contribution in [3.63, 3.8) is 0 Å². The van der Waals surface area contributed by atoms with Gasteiger partial charge in [-0.25, -0.2) is 0 Å². The molecule has 0 aromatic heterocycles. The summed E-state index contributed by atoms with van der Waals surface area (Å²) in [5, 5.41) is 2.73. The molecule has 11 nitrogen and oxygen atoms in total. The Bertz CT molecular complexity index is 946. The molecule has 0 saturated carbocycles. The van der Waals surface area contributed by atoms with Crippen molar-refractivity contribution in [2.24, 2.45) is 0 Å². The highest BCUT2D eigenvalue weighted by Gasteiger charge is 2.37. The smallest absolute Gasteiger partial charge is 0.307 e. The van der Waals surface area contributed by atoms with Crippen LogP contribution in [0.2, 0.25) is 18.1 Å². The minimum atomic E-state index is -1.84. The van der Waals surface area contributed by atoms with Crippen LogP contribution in [-0.4, -0.2) is 92.7 Å². The summed E-state index contributed by atoms with van der Waals surface area (Å²) < 4.78 is 37.9. The molecule has 0 unspecified atom stereocenters. The van der Waals surface area contributed by atoms with Gasteiger partial charge in [0.2, 0.25) is 5.91 Å². The van der Waals surface area contributed by atoms with E-state index < -0.39 is 32.2 Å². The summed E-state index contributed by atoms with van der Waals surface area (Å²) in [6.45, 7) is 15.8. The minimum absolute atomic E-state index is 0.149. The van der Waals surface area contributed by atoms with E-state index >= 15 is 0 Å². The number of esters is 2. The maximum Gasteiger partial charge on any atom is 0.307 e. The second kappa shape index (κ2) is 19.6. The Morgan fingerprint density at radius 3 is 1.86 bits per heavy atom. The highest BCUT2D eigenvalue weighted by atomic mass is 28.4. The molecular weight excluding hydrogens is 562 g/mol. The van der Waals surface area contributed by atoms with Crippen molar-refractivity contribution in [3.8, 4) is 5.75 Å². The van der Waals surface area contributed by atoms with Crippen LogP contribution in [0.25, 0.3) is 0 Å². The lowest BCUT2D eigenvalue weighted by atomic mass is 10.1. The molecule has 12 heteroatoms. The first-order valence-corrected chi connectivity index (χ1v) is 17.3. The van der Waals surface area contributed by atoms with Crippen LogP contribution in [0, 0.1) is 0 Å². The van der Waals surface area contributed by atoms with Crippen molar-refractivity contribution >= 4 is 26.2 Å². The standard InChI is InChI=1S/C30H51NO10Si/c1-9-23-16-24(21-41-42(7,8)30(2,3)4)18-26(17-23)40-15-14-38-11-10-37-12-13-39-22-27(32)31-25(19-28(33)35-5)20-29(34)36-6/h16-18,25H,9-15,19-22H2,1-8H3,(H,31,32). The van der Waals surface area contributed by atoms with Crippen LogP contribution in [0.1, 0.15) is 51.7 Å². The summed E-state index contributed by atoms with van der Waals surface area (Å²) in [4.78, 5) is 35.1. The molecule has 0 radical (unpaired) electrons. The van der Waals surface area contributed by atoms with Gasteiger partial charge in [0.25, 0.3) is 0 Å². The van der Waals surface area contributed by atoms with Crippen molar-refractivity contribution in [1.82, 2.24) is 5.32 Å². The number of benzene rings is 1. The Morgan fingerprint density at radius 2 is 1.33 bits per heavy atom. The van der Waals surface area contributed by atoms with Gasteiger partial charge in [-0.3, -0.25) is 14.4 Å². The van der Waals surface area contributed by atoms with E-state index in [1.807, 2.05) is 6.07 Å². The summed E-state index contributed by atoms with van der Waals surface area (Å²) >= 11 is 0. The number of ether oxygens (including phenoxy) is 6. The number of aryl methyl sites for hydroxylation is 1. The fourth-order valence-corrected chi connectivity index (χ4v) is 4.38. The lowest BCUT2D eigenvalue weighted by Gasteiger charge is -2.36. The largest absolute Gasteiger partial charge is 0.491 e. The van der Waals surface area contributed by atoms with Crippen molar-refractivity contribution in [3.05, 3.63) is 29.3 Å². The SMILES string of the molecule is CCc1cc(CO[Si](C)(C)C(C)(C)C)cc(OCCOCCOCCOCC(=O)NC(CC(=O)OC)CC(=O)OC)c1. The van der Waals surface area contributed by atoms with Crippen molar-refractivity contribution < 1.29 is 47.2 Å². The van der Waals surface area contributed by atoms with Crippen LogP contribution >= 0.6 is 0 Å². The third-order valence-electron chi connectivity index (χ3n) is 6.96. The van der Waals surface area contributed by atoms with Gasteiger partial charge in [-0.2, -0.15) is 0 Å². The van der Waals surface area contributed by atoms with Gasteiger partial charge in [0.05, 0.1) is 66.7 Å². The number of hydrogen-bond donors (Lipinski definition) is 1. The maximum atomic E-state index is 12.1. The van der Waals surface area contributed by atoms with Gasteiger partial charge in [-0.15, -0.1) is 0 Å². The van der Waals surface area contributed by atoms with Crippen molar-refractivity contribution in [1.29, 1.82) is 0 Å². The number of amides is 1. The zero-order valence-corrected chi connectivity index (χ0v) is 27.7. The fourth-order valence-electron chi connectivity index (χ4n) is 3.42. The Kier molecular flexibility index (Phi) is 17.5.